The van der Waals surface area contributed by atoms with Gasteiger partial charge in [0.2, 0.25) is 0 Å². The Morgan fingerprint density at radius 2 is 1.21 bits per heavy atom. The molecule has 0 saturated carbocycles. The molecule has 0 aromatic rings. The van der Waals surface area contributed by atoms with E-state index in [2.05, 4.69) is 11.2 Å². The summed E-state index contributed by atoms with van der Waals surface area (Å²) in [4.78, 5) is 26.1. The number of hydrogen-bond acceptors (Lipinski definition) is 3. The lowest BCUT2D eigenvalue weighted by Gasteiger charge is -2.12. The second-order valence-electron chi connectivity index (χ2n) is 4.76. The minimum atomic E-state index is -4.88. The summed E-state index contributed by atoms with van der Waals surface area (Å²) in [5.74, 6) is 0. The van der Waals surface area contributed by atoms with Crippen LogP contribution in [0.3, 0.4) is 0 Å². The van der Waals surface area contributed by atoms with Crippen molar-refractivity contribution < 1.29 is 28.1 Å². The van der Waals surface area contributed by atoms with Crippen molar-refractivity contribution in [3.63, 3.8) is 0 Å². The molecule has 0 aromatic carbocycles. The number of phosphoric acid groups is 1. The average Bonchev–Trinajstić information content (AvgIpc) is 2.23. The van der Waals surface area contributed by atoms with E-state index >= 15 is 0 Å². The van der Waals surface area contributed by atoms with Crippen LogP contribution in [0.4, 0.5) is 0 Å². The van der Waals surface area contributed by atoms with E-state index < -0.39 is 15.4 Å². The molecule has 6 nitrogen and oxygen atoms in total. The molecule has 0 rings (SSSR count). The molecule has 0 saturated heterocycles. The van der Waals surface area contributed by atoms with Crippen LogP contribution in [0.15, 0.2) is 0 Å². The Labute approximate surface area is 115 Å². The van der Waals surface area contributed by atoms with Crippen LogP contribution in [0, 0.1) is 0 Å². The Morgan fingerprint density at radius 1 is 0.789 bits per heavy atom. The second kappa shape index (κ2) is 10.1. The maximum Gasteiger partial charge on any atom is 0.476 e. The van der Waals surface area contributed by atoms with E-state index in [0.29, 0.717) is 6.42 Å². The zero-order valence-corrected chi connectivity index (χ0v) is 13.3. The van der Waals surface area contributed by atoms with Gasteiger partial charge in [-0.1, -0.05) is 58.3 Å². The third-order valence-corrected chi connectivity index (χ3v) is 5.53. The summed E-state index contributed by atoms with van der Waals surface area (Å²) in [5, 5.41) is 0. The highest BCUT2D eigenvalue weighted by Gasteiger charge is 2.29. The minimum absolute atomic E-state index is 0.200. The van der Waals surface area contributed by atoms with Gasteiger partial charge in [0.1, 0.15) is 0 Å². The van der Waals surface area contributed by atoms with Crippen LogP contribution < -0.4 is 0 Å². The molecular weight excluding hydrogens is 290 g/mol. The summed E-state index contributed by atoms with van der Waals surface area (Å²) < 4.78 is 25.6. The Kier molecular flexibility index (Phi) is 10.2. The van der Waals surface area contributed by atoms with E-state index in [-0.39, 0.29) is 6.16 Å². The van der Waals surface area contributed by atoms with Crippen LogP contribution in [0.1, 0.15) is 64.7 Å². The van der Waals surface area contributed by atoms with E-state index in [1.807, 2.05) is 0 Å². The third-order valence-electron chi connectivity index (χ3n) is 2.78. The SMILES string of the molecule is CCCCCCCCCCCP(=O)(O)OP(=O)(O)O. The molecule has 0 fully saturated rings. The zero-order chi connectivity index (χ0) is 14.8. The van der Waals surface area contributed by atoms with Gasteiger partial charge in [-0.25, -0.2) is 8.88 Å². The smallest absolute Gasteiger partial charge is 0.324 e. The highest BCUT2D eigenvalue weighted by atomic mass is 31.3. The normalized spacial score (nSPS) is 15.4. The van der Waals surface area contributed by atoms with Gasteiger partial charge < -0.3 is 14.7 Å². The summed E-state index contributed by atoms with van der Waals surface area (Å²) in [6.45, 7) is 2.17. The Hall–Kier alpha value is 0.300. The van der Waals surface area contributed by atoms with Gasteiger partial charge in [-0.05, 0) is 6.42 Å². The van der Waals surface area contributed by atoms with E-state index in [1.54, 1.807) is 0 Å². The summed E-state index contributed by atoms with van der Waals surface area (Å²) >= 11 is 0. The molecule has 19 heavy (non-hydrogen) atoms. The predicted octanol–water partition coefficient (Wildman–Crippen LogP) is 3.81. The number of unbranched alkanes of at least 4 members (excludes halogenated alkanes) is 8. The van der Waals surface area contributed by atoms with Crippen molar-refractivity contribution in [2.75, 3.05) is 6.16 Å². The molecule has 0 spiro atoms. The van der Waals surface area contributed by atoms with Crippen LogP contribution >= 0.6 is 15.4 Å². The first-order chi connectivity index (χ1) is 8.77. The number of rotatable bonds is 12. The summed E-state index contributed by atoms with van der Waals surface area (Å²) in [6.07, 6.45) is 9.26. The van der Waals surface area contributed by atoms with Crippen LogP contribution in [-0.2, 0) is 13.4 Å². The minimum Gasteiger partial charge on any atom is -0.324 e. The largest absolute Gasteiger partial charge is 0.476 e. The summed E-state index contributed by atoms with van der Waals surface area (Å²) in [6, 6.07) is 0. The molecule has 116 valence electrons. The molecule has 1 atom stereocenters. The molecule has 0 heterocycles. The highest BCUT2D eigenvalue weighted by molar-refractivity contribution is 7.63. The Bertz CT molecular complexity index is 314. The van der Waals surface area contributed by atoms with E-state index in [9.17, 15) is 14.0 Å². The first-order valence-corrected chi connectivity index (χ1v) is 10.1. The highest BCUT2D eigenvalue weighted by Crippen LogP contribution is 2.57. The molecule has 3 N–H and O–H groups in total. The van der Waals surface area contributed by atoms with Crippen LogP contribution in [0.5, 0.6) is 0 Å². The van der Waals surface area contributed by atoms with Crippen molar-refractivity contribution in [2.24, 2.45) is 0 Å². The third kappa shape index (κ3) is 14.5. The molecular formula is C11H26O6P2. The molecule has 0 bridgehead atoms. The predicted molar refractivity (Wildman–Crippen MR) is 75.0 cm³/mol. The van der Waals surface area contributed by atoms with Gasteiger partial charge in [-0.15, -0.1) is 0 Å². The van der Waals surface area contributed by atoms with Gasteiger partial charge in [0.15, 0.2) is 0 Å². The molecule has 0 amide bonds. The fraction of sp³-hybridized carbons (Fsp3) is 1.00. The van der Waals surface area contributed by atoms with Crippen molar-refractivity contribution in [3.8, 4) is 0 Å². The van der Waals surface area contributed by atoms with Crippen molar-refractivity contribution in [2.45, 2.75) is 64.7 Å². The van der Waals surface area contributed by atoms with Crippen molar-refractivity contribution in [1.29, 1.82) is 0 Å². The van der Waals surface area contributed by atoms with Gasteiger partial charge in [-0.2, -0.15) is 0 Å². The van der Waals surface area contributed by atoms with Crippen molar-refractivity contribution in [3.05, 3.63) is 0 Å². The molecule has 0 radical (unpaired) electrons. The zero-order valence-electron chi connectivity index (χ0n) is 11.5. The lowest BCUT2D eigenvalue weighted by atomic mass is 10.1. The van der Waals surface area contributed by atoms with E-state index in [0.717, 1.165) is 19.3 Å². The second-order valence-corrected chi connectivity index (χ2v) is 8.12. The lowest BCUT2D eigenvalue weighted by Crippen LogP contribution is -1.94. The average molecular weight is 316 g/mol. The van der Waals surface area contributed by atoms with E-state index in [1.165, 1.54) is 32.1 Å². The maximum absolute atomic E-state index is 11.3. The molecule has 0 aromatic heterocycles. The Morgan fingerprint density at radius 3 is 1.63 bits per heavy atom. The van der Waals surface area contributed by atoms with Gasteiger partial charge in [-0.3, -0.25) is 4.57 Å². The fourth-order valence-electron chi connectivity index (χ4n) is 1.83. The van der Waals surface area contributed by atoms with Crippen LogP contribution in [-0.4, -0.2) is 20.8 Å². The van der Waals surface area contributed by atoms with Crippen LogP contribution in [0.25, 0.3) is 0 Å². The Balaban J connectivity index is 3.48. The number of hydrogen-bond donors (Lipinski definition) is 3. The standard InChI is InChI=1S/C11H26O6P2/c1-2-3-4-5-6-7-8-9-10-11-18(12,13)17-19(14,15)16/h2-11H2,1H3,(H,12,13)(H2,14,15,16). The maximum atomic E-state index is 11.3. The first-order valence-electron chi connectivity index (χ1n) is 6.85. The lowest BCUT2D eigenvalue weighted by molar-refractivity contribution is 0.263. The first kappa shape index (κ1) is 19.3. The van der Waals surface area contributed by atoms with Crippen LogP contribution in [0.2, 0.25) is 0 Å². The van der Waals surface area contributed by atoms with Crippen molar-refractivity contribution >= 4 is 15.4 Å². The van der Waals surface area contributed by atoms with Crippen molar-refractivity contribution in [1.82, 2.24) is 0 Å². The van der Waals surface area contributed by atoms with Gasteiger partial charge in [0, 0.05) is 0 Å². The molecule has 0 aliphatic carbocycles. The van der Waals surface area contributed by atoms with E-state index in [4.69, 9.17) is 9.79 Å². The quantitative estimate of drug-likeness (QED) is 0.373. The van der Waals surface area contributed by atoms with Gasteiger partial charge in [0.05, 0.1) is 6.16 Å². The molecule has 0 aliphatic heterocycles. The molecule has 8 heteroatoms. The summed E-state index contributed by atoms with van der Waals surface area (Å²) in [7, 11) is -9.03. The monoisotopic (exact) mass is 316 g/mol. The molecule has 1 unspecified atom stereocenters. The topological polar surface area (TPSA) is 104 Å². The molecule has 0 aliphatic rings. The van der Waals surface area contributed by atoms with Gasteiger partial charge in [0.25, 0.3) is 0 Å². The summed E-state index contributed by atoms with van der Waals surface area (Å²) in [5.41, 5.74) is 0. The fourth-order valence-corrected chi connectivity index (χ4v) is 4.11. The van der Waals surface area contributed by atoms with Gasteiger partial charge >= 0.3 is 15.4 Å².